The van der Waals surface area contributed by atoms with Gasteiger partial charge < -0.3 is 10.1 Å². The molecule has 0 bridgehead atoms. The van der Waals surface area contributed by atoms with Crippen LogP contribution in [0.15, 0.2) is 47.8 Å². The molecule has 1 fully saturated rings. The molecule has 4 heteroatoms. The van der Waals surface area contributed by atoms with Gasteiger partial charge in [-0.1, -0.05) is 36.4 Å². The second-order valence-corrected chi connectivity index (χ2v) is 6.75. The van der Waals surface area contributed by atoms with Gasteiger partial charge >= 0.3 is 0 Å². The smallest absolute Gasteiger partial charge is 0.231 e. The van der Waals surface area contributed by atoms with Crippen LogP contribution in [0, 0.1) is 0 Å². The van der Waals surface area contributed by atoms with E-state index in [-0.39, 0.29) is 11.9 Å². The van der Waals surface area contributed by atoms with E-state index in [1.165, 1.54) is 4.88 Å². The van der Waals surface area contributed by atoms with E-state index in [9.17, 15) is 4.79 Å². The normalized spacial score (nSPS) is 18.6. The lowest BCUT2D eigenvalue weighted by atomic mass is 9.73. The zero-order valence-electron chi connectivity index (χ0n) is 12.7. The molecule has 0 aliphatic carbocycles. The molecule has 3 rings (SSSR count). The van der Waals surface area contributed by atoms with Crippen LogP contribution in [0.4, 0.5) is 0 Å². The Balaban J connectivity index is 1.84. The van der Waals surface area contributed by atoms with Crippen molar-refractivity contribution in [3.05, 3.63) is 58.3 Å². The van der Waals surface area contributed by atoms with Gasteiger partial charge in [-0.2, -0.15) is 0 Å². The molecule has 0 spiro atoms. The quantitative estimate of drug-likeness (QED) is 0.935. The number of hydrogen-bond acceptors (Lipinski definition) is 3. The number of amides is 1. The Hall–Kier alpha value is -1.65. The molecular weight excluding hydrogens is 294 g/mol. The van der Waals surface area contributed by atoms with Gasteiger partial charge in [-0.05, 0) is 36.8 Å². The van der Waals surface area contributed by atoms with Gasteiger partial charge in [0, 0.05) is 18.1 Å². The summed E-state index contributed by atoms with van der Waals surface area (Å²) >= 11 is 1.67. The van der Waals surface area contributed by atoms with Crippen LogP contribution >= 0.6 is 11.3 Å². The van der Waals surface area contributed by atoms with Gasteiger partial charge in [-0.3, -0.25) is 4.79 Å². The Morgan fingerprint density at radius 2 is 1.91 bits per heavy atom. The van der Waals surface area contributed by atoms with Gasteiger partial charge in [0.25, 0.3) is 0 Å². The van der Waals surface area contributed by atoms with Gasteiger partial charge in [0.2, 0.25) is 5.91 Å². The molecule has 0 radical (unpaired) electrons. The molecule has 1 atom stereocenters. The molecule has 1 aliphatic rings. The molecule has 0 unspecified atom stereocenters. The minimum atomic E-state index is -0.467. The fourth-order valence-electron chi connectivity index (χ4n) is 3.07. The van der Waals surface area contributed by atoms with Crippen molar-refractivity contribution in [3.63, 3.8) is 0 Å². The van der Waals surface area contributed by atoms with E-state index in [1.807, 2.05) is 36.6 Å². The van der Waals surface area contributed by atoms with E-state index in [2.05, 4.69) is 23.5 Å². The SMILES string of the molecule is C[C@H](NC(=O)C1(c2ccccc2)CCOCC1)c1cccs1. The molecule has 116 valence electrons. The Kier molecular flexibility index (Phi) is 4.60. The Bertz CT molecular complexity index is 603. The summed E-state index contributed by atoms with van der Waals surface area (Å²) in [7, 11) is 0. The van der Waals surface area contributed by atoms with E-state index >= 15 is 0 Å². The summed E-state index contributed by atoms with van der Waals surface area (Å²) < 4.78 is 5.50. The van der Waals surface area contributed by atoms with Gasteiger partial charge in [-0.25, -0.2) is 0 Å². The second kappa shape index (κ2) is 6.63. The van der Waals surface area contributed by atoms with Crippen molar-refractivity contribution in [1.29, 1.82) is 0 Å². The first kappa shape index (κ1) is 15.3. The Morgan fingerprint density at radius 1 is 1.18 bits per heavy atom. The van der Waals surface area contributed by atoms with E-state index in [4.69, 9.17) is 4.74 Å². The lowest BCUT2D eigenvalue weighted by molar-refractivity contribution is -0.131. The Morgan fingerprint density at radius 3 is 2.55 bits per heavy atom. The van der Waals surface area contributed by atoms with Crippen LogP contribution in [0.25, 0.3) is 0 Å². The zero-order valence-corrected chi connectivity index (χ0v) is 13.6. The summed E-state index contributed by atoms with van der Waals surface area (Å²) in [5.41, 5.74) is 0.625. The molecule has 0 saturated carbocycles. The number of benzene rings is 1. The minimum Gasteiger partial charge on any atom is -0.381 e. The summed E-state index contributed by atoms with van der Waals surface area (Å²) in [6, 6.07) is 14.2. The number of carbonyl (C=O) groups excluding carboxylic acids is 1. The lowest BCUT2D eigenvalue weighted by Gasteiger charge is -2.37. The molecule has 2 aromatic rings. The van der Waals surface area contributed by atoms with Crippen molar-refractivity contribution >= 4 is 17.2 Å². The molecule has 22 heavy (non-hydrogen) atoms. The average Bonchev–Trinajstić information content (AvgIpc) is 3.11. The summed E-state index contributed by atoms with van der Waals surface area (Å²) in [5, 5.41) is 5.25. The van der Waals surface area contributed by atoms with E-state index in [1.54, 1.807) is 11.3 Å². The van der Waals surface area contributed by atoms with Gasteiger partial charge in [0.05, 0.1) is 11.5 Å². The topological polar surface area (TPSA) is 38.3 Å². The molecular formula is C18H21NO2S. The second-order valence-electron chi connectivity index (χ2n) is 5.77. The Labute approximate surface area is 135 Å². The molecule has 1 aromatic heterocycles. The van der Waals surface area contributed by atoms with Crippen LogP contribution in [0.1, 0.15) is 36.2 Å². The first-order valence-corrected chi connectivity index (χ1v) is 8.58. The maximum Gasteiger partial charge on any atom is 0.231 e. The number of carbonyl (C=O) groups is 1. The third-order valence-electron chi connectivity index (χ3n) is 4.42. The van der Waals surface area contributed by atoms with Crippen LogP contribution in [-0.4, -0.2) is 19.1 Å². The maximum absolute atomic E-state index is 13.1. The van der Waals surface area contributed by atoms with Crippen LogP contribution < -0.4 is 5.32 Å². The van der Waals surface area contributed by atoms with E-state index in [0.29, 0.717) is 13.2 Å². The van der Waals surface area contributed by atoms with Gasteiger partial charge in [0.15, 0.2) is 0 Å². The zero-order chi connectivity index (χ0) is 15.4. The number of rotatable bonds is 4. The predicted molar refractivity (Wildman–Crippen MR) is 89.0 cm³/mol. The molecule has 2 heterocycles. The number of nitrogens with one attached hydrogen (secondary N) is 1. The minimum absolute atomic E-state index is 0.0379. The highest BCUT2D eigenvalue weighted by molar-refractivity contribution is 7.10. The highest BCUT2D eigenvalue weighted by atomic mass is 32.1. The monoisotopic (exact) mass is 315 g/mol. The first-order valence-electron chi connectivity index (χ1n) is 7.70. The maximum atomic E-state index is 13.1. The summed E-state index contributed by atoms with van der Waals surface area (Å²) in [6.07, 6.45) is 1.47. The van der Waals surface area contributed by atoms with Gasteiger partial charge in [-0.15, -0.1) is 11.3 Å². The van der Waals surface area contributed by atoms with Crippen LogP contribution in [-0.2, 0) is 14.9 Å². The van der Waals surface area contributed by atoms with Crippen molar-refractivity contribution in [2.75, 3.05) is 13.2 Å². The lowest BCUT2D eigenvalue weighted by Crippen LogP contribution is -2.48. The molecule has 1 aromatic carbocycles. The fraction of sp³-hybridized carbons (Fsp3) is 0.389. The highest BCUT2D eigenvalue weighted by Gasteiger charge is 2.42. The molecule has 1 saturated heterocycles. The van der Waals surface area contributed by atoms with Crippen molar-refractivity contribution in [3.8, 4) is 0 Å². The van der Waals surface area contributed by atoms with E-state index < -0.39 is 5.41 Å². The van der Waals surface area contributed by atoms with Gasteiger partial charge in [0.1, 0.15) is 0 Å². The third-order valence-corrected chi connectivity index (χ3v) is 5.48. The fourth-order valence-corrected chi connectivity index (χ4v) is 3.80. The van der Waals surface area contributed by atoms with Crippen LogP contribution in [0.5, 0.6) is 0 Å². The number of hydrogen-bond donors (Lipinski definition) is 1. The van der Waals surface area contributed by atoms with Crippen molar-refractivity contribution in [1.82, 2.24) is 5.32 Å². The average molecular weight is 315 g/mol. The number of thiophene rings is 1. The predicted octanol–water partition coefficient (Wildman–Crippen LogP) is 3.67. The van der Waals surface area contributed by atoms with Crippen molar-refractivity contribution < 1.29 is 9.53 Å². The summed E-state index contributed by atoms with van der Waals surface area (Å²) in [4.78, 5) is 14.2. The molecule has 3 nitrogen and oxygen atoms in total. The van der Waals surface area contributed by atoms with Crippen LogP contribution in [0.3, 0.4) is 0 Å². The standard InChI is InChI=1S/C18H21NO2S/c1-14(16-8-5-13-22-16)19-17(20)18(9-11-21-12-10-18)15-6-3-2-4-7-15/h2-8,13-14H,9-12H2,1H3,(H,19,20)/t14-/m0/s1. The van der Waals surface area contributed by atoms with Crippen LogP contribution in [0.2, 0.25) is 0 Å². The molecule has 1 amide bonds. The largest absolute Gasteiger partial charge is 0.381 e. The molecule has 1 aliphatic heterocycles. The number of ether oxygens (including phenoxy) is 1. The van der Waals surface area contributed by atoms with E-state index in [0.717, 1.165) is 18.4 Å². The van der Waals surface area contributed by atoms with Crippen molar-refractivity contribution in [2.45, 2.75) is 31.2 Å². The highest BCUT2D eigenvalue weighted by Crippen LogP contribution is 2.36. The first-order chi connectivity index (χ1) is 10.7. The summed E-state index contributed by atoms with van der Waals surface area (Å²) in [6.45, 7) is 3.31. The summed E-state index contributed by atoms with van der Waals surface area (Å²) in [5.74, 6) is 0.114. The molecule has 1 N–H and O–H groups in total. The van der Waals surface area contributed by atoms with Crippen molar-refractivity contribution in [2.24, 2.45) is 0 Å². The third kappa shape index (κ3) is 2.94.